The van der Waals surface area contributed by atoms with Crippen LogP contribution in [-0.4, -0.2) is 52.1 Å². The third-order valence-electron chi connectivity index (χ3n) is 8.46. The van der Waals surface area contributed by atoms with Crippen molar-refractivity contribution in [3.8, 4) is 28.3 Å². The maximum Gasteiger partial charge on any atom is 0.197 e. The molecule has 0 radical (unpaired) electrons. The lowest BCUT2D eigenvalue weighted by molar-refractivity contribution is 0.0988. The van der Waals surface area contributed by atoms with Crippen molar-refractivity contribution in [1.29, 1.82) is 0 Å². The number of rotatable bonds is 8. The fourth-order valence-electron chi connectivity index (χ4n) is 5.90. The van der Waals surface area contributed by atoms with Gasteiger partial charge >= 0.3 is 0 Å². The summed E-state index contributed by atoms with van der Waals surface area (Å²) in [6, 6.07) is 13.4. The van der Waals surface area contributed by atoms with E-state index in [-0.39, 0.29) is 53.1 Å². The van der Waals surface area contributed by atoms with Crippen LogP contribution in [0.2, 0.25) is 0 Å². The summed E-state index contributed by atoms with van der Waals surface area (Å²) in [6.45, 7) is 8.43. The fraction of sp³-hybridized carbons (Fsp3) is 0.303. The Balaban J connectivity index is 1.39. The molecule has 0 bridgehead atoms. The highest BCUT2D eigenvalue weighted by Gasteiger charge is 2.48. The molecule has 0 amide bonds. The number of methoxy groups -OCH3 is 1. The number of anilines is 1. The minimum Gasteiger partial charge on any atom is -0.496 e. The van der Waals surface area contributed by atoms with E-state index in [1.807, 2.05) is 18.2 Å². The molecule has 1 spiro atoms. The molecule has 3 heterocycles. The molecule has 2 aromatic heterocycles. The molecular weight excluding hydrogens is 533 g/mol. The number of hydrogen-bond donors (Lipinski definition) is 1. The Kier molecular flexibility index (Phi) is 7.40. The van der Waals surface area contributed by atoms with Crippen LogP contribution in [0, 0.1) is 17.8 Å². The van der Waals surface area contributed by atoms with E-state index in [0.29, 0.717) is 11.3 Å². The van der Waals surface area contributed by atoms with Gasteiger partial charge in [0.1, 0.15) is 17.3 Å². The van der Waals surface area contributed by atoms with Crippen molar-refractivity contribution in [2.75, 3.05) is 25.2 Å². The van der Waals surface area contributed by atoms with Gasteiger partial charge in [-0.15, -0.1) is 0 Å². The van der Waals surface area contributed by atoms with Crippen LogP contribution in [0.4, 0.5) is 15.8 Å². The maximum atomic E-state index is 14.7. The first-order chi connectivity index (χ1) is 20.4. The van der Waals surface area contributed by atoms with Crippen LogP contribution in [-0.2, 0) is 6.42 Å². The molecule has 1 saturated heterocycles. The standard InChI is InChI=1S/C33H30FN5O3/c1-35-26-9-14-36-18-24(26)21-6-7-22(28(16-21)39-20-33(12-13-33)11-8-23(39)19-40)17-29(41)27-10-15-37-32(38-27)31-25(34)4-3-5-30(31)42-2/h3-7,9-10,14-16,18,23,40H,8,11-13,17,19-20H2,2H3/t23-/m0/s1. The molecule has 6 rings (SSSR count). The normalized spacial score (nSPS) is 17.1. The van der Waals surface area contributed by atoms with E-state index in [1.54, 1.807) is 24.5 Å². The lowest BCUT2D eigenvalue weighted by Crippen LogP contribution is -2.46. The second-order valence-electron chi connectivity index (χ2n) is 11.0. The summed E-state index contributed by atoms with van der Waals surface area (Å²) in [7, 11) is 1.44. The van der Waals surface area contributed by atoms with Crippen LogP contribution in [0.5, 0.6) is 5.75 Å². The van der Waals surface area contributed by atoms with Gasteiger partial charge in [-0.25, -0.2) is 19.2 Å². The summed E-state index contributed by atoms with van der Waals surface area (Å²) in [5.41, 5.74) is 4.19. The van der Waals surface area contributed by atoms with E-state index in [2.05, 4.69) is 24.7 Å². The van der Waals surface area contributed by atoms with Gasteiger partial charge in [0, 0.05) is 42.8 Å². The van der Waals surface area contributed by atoms with E-state index < -0.39 is 5.82 Å². The molecule has 2 fully saturated rings. The number of hydrogen-bond acceptors (Lipinski definition) is 7. The lowest BCUT2D eigenvalue weighted by Gasteiger charge is -2.42. The molecule has 9 heteroatoms. The number of halogens is 1. The zero-order valence-electron chi connectivity index (χ0n) is 23.3. The van der Waals surface area contributed by atoms with Crippen LogP contribution in [0.3, 0.4) is 0 Å². The van der Waals surface area contributed by atoms with Gasteiger partial charge in [0.2, 0.25) is 0 Å². The molecule has 42 heavy (non-hydrogen) atoms. The zero-order chi connectivity index (χ0) is 29.3. The Morgan fingerprint density at radius 3 is 2.81 bits per heavy atom. The molecule has 0 unspecified atom stereocenters. The van der Waals surface area contributed by atoms with Gasteiger partial charge in [0.25, 0.3) is 0 Å². The number of aliphatic hydroxyl groups is 1. The summed E-state index contributed by atoms with van der Waals surface area (Å²) in [6.07, 6.45) is 9.03. The Morgan fingerprint density at radius 1 is 1.19 bits per heavy atom. The molecule has 2 aliphatic rings. The Morgan fingerprint density at radius 2 is 2.05 bits per heavy atom. The van der Waals surface area contributed by atoms with Gasteiger partial charge in [-0.1, -0.05) is 18.2 Å². The molecule has 8 nitrogen and oxygen atoms in total. The number of pyridine rings is 1. The van der Waals surface area contributed by atoms with Gasteiger partial charge in [-0.2, -0.15) is 0 Å². The number of aliphatic hydroxyl groups excluding tert-OH is 1. The molecular formula is C33H30FN5O3. The van der Waals surface area contributed by atoms with Crippen molar-refractivity contribution in [3.63, 3.8) is 0 Å². The molecule has 1 saturated carbocycles. The Bertz CT molecular complexity index is 1700. The van der Waals surface area contributed by atoms with Crippen LogP contribution in [0.15, 0.2) is 67.1 Å². The summed E-state index contributed by atoms with van der Waals surface area (Å²) in [5.74, 6) is -0.437. The minimum atomic E-state index is -0.542. The zero-order valence-corrected chi connectivity index (χ0v) is 23.3. The summed E-state index contributed by atoms with van der Waals surface area (Å²) < 4.78 is 20.0. The number of ether oxygens (including phenoxy) is 1. The van der Waals surface area contributed by atoms with Crippen LogP contribution in [0.25, 0.3) is 27.4 Å². The predicted octanol–water partition coefficient (Wildman–Crippen LogP) is 6.07. The third-order valence-corrected chi connectivity index (χ3v) is 8.46. The van der Waals surface area contributed by atoms with Gasteiger partial charge < -0.3 is 14.7 Å². The van der Waals surface area contributed by atoms with Gasteiger partial charge in [-0.3, -0.25) is 9.78 Å². The number of nitrogens with zero attached hydrogens (tertiary/aromatic N) is 5. The summed E-state index contributed by atoms with van der Waals surface area (Å²) in [4.78, 5) is 32.5. The van der Waals surface area contributed by atoms with Crippen molar-refractivity contribution in [2.24, 2.45) is 5.41 Å². The van der Waals surface area contributed by atoms with Crippen molar-refractivity contribution in [2.45, 2.75) is 38.1 Å². The van der Waals surface area contributed by atoms with E-state index in [4.69, 9.17) is 11.3 Å². The van der Waals surface area contributed by atoms with E-state index in [1.165, 1.54) is 31.5 Å². The number of piperidine rings is 1. The fourth-order valence-corrected chi connectivity index (χ4v) is 5.90. The smallest absolute Gasteiger partial charge is 0.197 e. The second-order valence-corrected chi connectivity index (χ2v) is 11.0. The van der Waals surface area contributed by atoms with Gasteiger partial charge in [0.15, 0.2) is 17.3 Å². The highest BCUT2D eigenvalue weighted by atomic mass is 19.1. The van der Waals surface area contributed by atoms with Crippen molar-refractivity contribution >= 4 is 17.2 Å². The summed E-state index contributed by atoms with van der Waals surface area (Å²) in [5, 5.41) is 10.3. The van der Waals surface area contributed by atoms with Crippen molar-refractivity contribution in [1.82, 2.24) is 15.0 Å². The van der Waals surface area contributed by atoms with Crippen LogP contribution >= 0.6 is 0 Å². The first kappa shape index (κ1) is 27.5. The lowest BCUT2D eigenvalue weighted by atomic mass is 9.88. The molecule has 1 aliphatic carbocycles. The number of Topliss-reactive ketones (excluding diaryl/α,β-unsaturated/α-hetero) is 1. The average Bonchev–Trinajstić information content (AvgIpc) is 3.79. The van der Waals surface area contributed by atoms with Crippen molar-refractivity contribution in [3.05, 3.63) is 95.6 Å². The van der Waals surface area contributed by atoms with Crippen molar-refractivity contribution < 1.29 is 19.0 Å². The summed E-state index contributed by atoms with van der Waals surface area (Å²) >= 11 is 0. The predicted molar refractivity (Wildman–Crippen MR) is 157 cm³/mol. The average molecular weight is 564 g/mol. The molecule has 2 aromatic carbocycles. The molecule has 4 aromatic rings. The molecule has 1 N–H and O–H groups in total. The quantitative estimate of drug-likeness (QED) is 0.205. The maximum absolute atomic E-state index is 14.7. The second kappa shape index (κ2) is 11.3. The largest absolute Gasteiger partial charge is 0.496 e. The molecule has 1 atom stereocenters. The first-order valence-corrected chi connectivity index (χ1v) is 14.0. The van der Waals surface area contributed by atoms with Crippen LogP contribution in [0.1, 0.15) is 41.7 Å². The number of ketones is 1. The number of carbonyl (C=O) groups is 1. The van der Waals surface area contributed by atoms with E-state index in [0.717, 1.165) is 49.0 Å². The number of aromatic nitrogens is 3. The first-order valence-electron chi connectivity index (χ1n) is 14.0. The highest BCUT2D eigenvalue weighted by Crippen LogP contribution is 2.54. The van der Waals surface area contributed by atoms with Gasteiger partial charge in [-0.05, 0) is 72.6 Å². The van der Waals surface area contributed by atoms with Gasteiger partial charge in [0.05, 0.1) is 31.9 Å². The number of benzene rings is 2. The highest BCUT2D eigenvalue weighted by molar-refractivity contribution is 5.97. The SMILES string of the molecule is [C-]#[N+]c1ccncc1-c1ccc(CC(=O)c2ccnc(-c3c(F)cccc3OC)n2)c(N2CC3(CC[C@H]2CO)CC3)c1. The van der Waals surface area contributed by atoms with Crippen LogP contribution < -0.4 is 9.64 Å². The van der Waals surface area contributed by atoms with E-state index >= 15 is 0 Å². The topological polar surface area (TPSA) is 92.8 Å². The molecule has 212 valence electrons. The Hall–Kier alpha value is -4.68. The molecule has 1 aliphatic heterocycles. The minimum absolute atomic E-state index is 0.00757. The third kappa shape index (κ3) is 5.21. The monoisotopic (exact) mass is 563 g/mol. The van der Waals surface area contributed by atoms with E-state index in [9.17, 15) is 14.3 Å². The Labute approximate surface area is 243 Å². The number of carbonyl (C=O) groups excluding carboxylic acids is 1.